The highest BCUT2D eigenvalue weighted by atomic mass is 16.4. The van der Waals surface area contributed by atoms with Crippen LogP contribution < -0.4 is 4.90 Å². The maximum Gasteiger partial charge on any atom is 0.308 e. The highest BCUT2D eigenvalue weighted by Gasteiger charge is 2.33. The predicted octanol–water partition coefficient (Wildman–Crippen LogP) is 2.71. The molecule has 1 aliphatic heterocycles. The van der Waals surface area contributed by atoms with Crippen molar-refractivity contribution in [3.8, 4) is 0 Å². The molecular weight excluding hydrogens is 254 g/mol. The normalized spacial score (nSPS) is 17.9. The summed E-state index contributed by atoms with van der Waals surface area (Å²) in [5, 5.41) is 9.28. The molecule has 1 N–H and O–H groups in total. The van der Waals surface area contributed by atoms with Crippen LogP contribution in [0.15, 0.2) is 24.3 Å². The van der Waals surface area contributed by atoms with Gasteiger partial charge in [-0.25, -0.2) is 0 Å². The van der Waals surface area contributed by atoms with Gasteiger partial charge in [-0.2, -0.15) is 0 Å². The van der Waals surface area contributed by atoms with E-state index in [1.165, 1.54) is 0 Å². The quantitative estimate of drug-likeness (QED) is 0.919. The number of carboxylic acids is 1. The molecule has 0 aliphatic carbocycles. The van der Waals surface area contributed by atoms with Crippen molar-refractivity contribution in [1.82, 2.24) is 0 Å². The minimum Gasteiger partial charge on any atom is -0.481 e. The first-order valence-corrected chi connectivity index (χ1v) is 7.20. The number of hydrogen-bond donors (Lipinski definition) is 1. The van der Waals surface area contributed by atoms with Gasteiger partial charge in [-0.15, -0.1) is 0 Å². The molecule has 0 bridgehead atoms. The second-order valence-corrected chi connectivity index (χ2v) is 5.33. The van der Waals surface area contributed by atoms with E-state index in [0.717, 1.165) is 24.1 Å². The number of carboxylic acid groups (broad SMARTS) is 1. The Morgan fingerprint density at radius 2 is 1.95 bits per heavy atom. The number of para-hydroxylation sites is 1. The van der Waals surface area contributed by atoms with Gasteiger partial charge >= 0.3 is 5.97 Å². The molecule has 1 aromatic carbocycles. The van der Waals surface area contributed by atoms with Crippen LogP contribution in [0.4, 0.5) is 5.69 Å². The molecule has 1 aliphatic rings. The fraction of sp³-hybridized carbons (Fsp3) is 0.500. The van der Waals surface area contributed by atoms with E-state index in [4.69, 9.17) is 0 Å². The first-order valence-electron chi connectivity index (χ1n) is 7.20. The number of fused-ring (bicyclic) bond motifs is 1. The van der Waals surface area contributed by atoms with Gasteiger partial charge in [0.2, 0.25) is 5.91 Å². The summed E-state index contributed by atoms with van der Waals surface area (Å²) in [6.07, 6.45) is 2.07. The van der Waals surface area contributed by atoms with Crippen LogP contribution >= 0.6 is 0 Å². The molecule has 0 fully saturated rings. The number of aliphatic carboxylic acids is 1. The number of nitrogens with zero attached hydrogens (tertiary/aromatic N) is 1. The van der Waals surface area contributed by atoms with E-state index < -0.39 is 11.9 Å². The molecule has 20 heavy (non-hydrogen) atoms. The van der Waals surface area contributed by atoms with Gasteiger partial charge in [0.15, 0.2) is 0 Å². The Kier molecular flexibility index (Phi) is 4.42. The molecule has 0 saturated heterocycles. The number of benzene rings is 1. The highest BCUT2D eigenvalue weighted by Crippen LogP contribution is 2.31. The Labute approximate surface area is 119 Å². The van der Waals surface area contributed by atoms with Crippen LogP contribution in [0.2, 0.25) is 0 Å². The van der Waals surface area contributed by atoms with Crippen molar-refractivity contribution < 1.29 is 14.7 Å². The SMILES string of the molecule is CCC(CC)C(=O)N1CC(C(=O)O)Cc2ccccc21. The first kappa shape index (κ1) is 14.6. The summed E-state index contributed by atoms with van der Waals surface area (Å²) in [6, 6.07) is 7.61. The summed E-state index contributed by atoms with van der Waals surface area (Å²) in [6.45, 7) is 4.27. The summed E-state index contributed by atoms with van der Waals surface area (Å²) in [5.41, 5.74) is 1.83. The van der Waals surface area contributed by atoms with E-state index in [0.29, 0.717) is 6.42 Å². The van der Waals surface area contributed by atoms with Crippen LogP contribution in [-0.2, 0) is 16.0 Å². The minimum absolute atomic E-state index is 0.0319. The molecule has 1 atom stereocenters. The van der Waals surface area contributed by atoms with Crippen LogP contribution in [0.25, 0.3) is 0 Å². The van der Waals surface area contributed by atoms with Crippen molar-refractivity contribution in [2.45, 2.75) is 33.1 Å². The second kappa shape index (κ2) is 6.07. The van der Waals surface area contributed by atoms with Crippen molar-refractivity contribution in [3.05, 3.63) is 29.8 Å². The lowest BCUT2D eigenvalue weighted by molar-refractivity contribution is -0.141. The fourth-order valence-corrected chi connectivity index (χ4v) is 2.83. The van der Waals surface area contributed by atoms with Gasteiger partial charge in [0.1, 0.15) is 0 Å². The number of hydrogen-bond acceptors (Lipinski definition) is 2. The lowest BCUT2D eigenvalue weighted by atomic mass is 9.90. The van der Waals surface area contributed by atoms with Crippen molar-refractivity contribution in [1.29, 1.82) is 0 Å². The van der Waals surface area contributed by atoms with Crippen molar-refractivity contribution in [2.24, 2.45) is 11.8 Å². The number of amides is 1. The average molecular weight is 275 g/mol. The number of anilines is 1. The summed E-state index contributed by atoms with van der Waals surface area (Å²) in [4.78, 5) is 25.6. The monoisotopic (exact) mass is 275 g/mol. The zero-order valence-electron chi connectivity index (χ0n) is 12.0. The highest BCUT2D eigenvalue weighted by molar-refractivity contribution is 5.97. The maximum absolute atomic E-state index is 12.6. The van der Waals surface area contributed by atoms with Crippen molar-refractivity contribution in [3.63, 3.8) is 0 Å². The van der Waals surface area contributed by atoms with E-state index in [-0.39, 0.29) is 18.4 Å². The first-order chi connectivity index (χ1) is 9.58. The third-order valence-corrected chi connectivity index (χ3v) is 4.10. The Hall–Kier alpha value is -1.84. The van der Waals surface area contributed by atoms with Crippen molar-refractivity contribution in [2.75, 3.05) is 11.4 Å². The van der Waals surface area contributed by atoms with Crippen LogP contribution in [0.3, 0.4) is 0 Å². The zero-order chi connectivity index (χ0) is 14.7. The second-order valence-electron chi connectivity index (χ2n) is 5.33. The number of carbonyl (C=O) groups is 2. The summed E-state index contributed by atoms with van der Waals surface area (Å²) < 4.78 is 0. The number of rotatable bonds is 4. The third kappa shape index (κ3) is 2.69. The molecular formula is C16H21NO3. The van der Waals surface area contributed by atoms with Crippen LogP contribution in [-0.4, -0.2) is 23.5 Å². The molecule has 4 nitrogen and oxygen atoms in total. The average Bonchev–Trinajstić information content (AvgIpc) is 2.47. The summed E-state index contributed by atoms with van der Waals surface area (Å²) in [5.74, 6) is -1.32. The van der Waals surface area contributed by atoms with Gasteiger partial charge in [0, 0.05) is 18.2 Å². The van der Waals surface area contributed by atoms with E-state index in [9.17, 15) is 14.7 Å². The molecule has 0 aromatic heterocycles. The van der Waals surface area contributed by atoms with Crippen molar-refractivity contribution >= 4 is 17.6 Å². The molecule has 2 rings (SSSR count). The fourth-order valence-electron chi connectivity index (χ4n) is 2.83. The lowest BCUT2D eigenvalue weighted by Crippen LogP contribution is -2.45. The Morgan fingerprint density at radius 1 is 1.30 bits per heavy atom. The van der Waals surface area contributed by atoms with Gasteiger partial charge in [0.05, 0.1) is 5.92 Å². The molecule has 4 heteroatoms. The van der Waals surface area contributed by atoms with Gasteiger partial charge in [-0.1, -0.05) is 32.0 Å². The van der Waals surface area contributed by atoms with E-state index in [1.54, 1.807) is 4.90 Å². The maximum atomic E-state index is 12.6. The van der Waals surface area contributed by atoms with Crippen LogP contribution in [0.1, 0.15) is 32.3 Å². The lowest BCUT2D eigenvalue weighted by Gasteiger charge is -2.34. The Balaban J connectivity index is 2.36. The molecule has 1 heterocycles. The van der Waals surface area contributed by atoms with Gasteiger partial charge < -0.3 is 10.0 Å². The zero-order valence-corrected chi connectivity index (χ0v) is 12.0. The van der Waals surface area contributed by atoms with Gasteiger partial charge in [-0.05, 0) is 30.9 Å². The molecule has 1 unspecified atom stereocenters. The molecule has 0 saturated carbocycles. The third-order valence-electron chi connectivity index (χ3n) is 4.10. The standard InChI is InChI=1S/C16H21NO3/c1-3-11(4-2)15(18)17-10-13(16(19)20)9-12-7-5-6-8-14(12)17/h5-8,11,13H,3-4,9-10H2,1-2H3,(H,19,20). The molecule has 1 aromatic rings. The Bertz CT molecular complexity index is 508. The smallest absolute Gasteiger partial charge is 0.308 e. The summed E-state index contributed by atoms with van der Waals surface area (Å²) in [7, 11) is 0. The minimum atomic E-state index is -0.832. The van der Waals surface area contributed by atoms with E-state index in [2.05, 4.69) is 0 Å². The largest absolute Gasteiger partial charge is 0.481 e. The molecule has 0 spiro atoms. The Morgan fingerprint density at radius 3 is 2.55 bits per heavy atom. The van der Waals surface area contributed by atoms with Gasteiger partial charge in [0.25, 0.3) is 0 Å². The van der Waals surface area contributed by atoms with Crippen LogP contribution in [0.5, 0.6) is 0 Å². The van der Waals surface area contributed by atoms with Gasteiger partial charge in [-0.3, -0.25) is 9.59 Å². The molecule has 1 amide bonds. The molecule has 0 radical (unpaired) electrons. The number of carbonyl (C=O) groups excluding carboxylic acids is 1. The van der Waals surface area contributed by atoms with E-state index in [1.807, 2.05) is 38.1 Å². The topological polar surface area (TPSA) is 57.6 Å². The predicted molar refractivity (Wildman–Crippen MR) is 77.7 cm³/mol. The molecule has 108 valence electrons. The van der Waals surface area contributed by atoms with E-state index >= 15 is 0 Å². The van der Waals surface area contributed by atoms with Crippen LogP contribution in [0, 0.1) is 11.8 Å². The summed E-state index contributed by atoms with van der Waals surface area (Å²) >= 11 is 0.